The maximum Gasteiger partial charge on any atom is 2.00 e. The average molecular weight is 950 g/mol. The number of nitrogens with zero attached hydrogens (tertiary/aromatic N) is 4. The number of cyclic esters (lactones) is 1. The summed E-state index contributed by atoms with van der Waals surface area (Å²) >= 11 is 0. The molecule has 5 aliphatic heterocycles. The van der Waals surface area contributed by atoms with Crippen LogP contribution in [-0.4, -0.2) is 107 Å². The molecule has 1 radical (unpaired) electrons. The molecule has 2 saturated heterocycles. The number of hydrogen-bond donors (Lipinski definition) is 7. The van der Waals surface area contributed by atoms with Crippen LogP contribution in [0, 0.1) is 28.1 Å². The third kappa shape index (κ3) is 9.12. The summed E-state index contributed by atoms with van der Waals surface area (Å²) in [6, 6.07) is 0. The molecule has 5 aliphatic rings. The first-order valence-electron chi connectivity index (χ1n) is 20.8. The monoisotopic (exact) mass is 949 g/mol. The summed E-state index contributed by atoms with van der Waals surface area (Å²) in [5.41, 5.74) is -5.03. The topological polar surface area (TPSA) is 340 Å². The Labute approximate surface area is 382 Å². The molecule has 7 atom stereocenters. The molecular weight excluding hydrogens is 899 g/mol. The van der Waals surface area contributed by atoms with E-state index < -0.39 is 132 Å². The van der Waals surface area contributed by atoms with E-state index in [0.29, 0.717) is 0 Å². The van der Waals surface area contributed by atoms with Gasteiger partial charge in [-0.1, -0.05) is 38.5 Å². The van der Waals surface area contributed by atoms with Gasteiger partial charge in [0.1, 0.15) is 0 Å². The van der Waals surface area contributed by atoms with Gasteiger partial charge in [-0.15, -0.1) is 5.69 Å². The van der Waals surface area contributed by atoms with Crippen LogP contribution in [0.1, 0.15) is 114 Å². The molecule has 1 aromatic heterocycles. The molecule has 65 heavy (non-hydrogen) atoms. The molecule has 1 aromatic rings. The van der Waals surface area contributed by atoms with Crippen LogP contribution in [0.5, 0.6) is 0 Å². The van der Waals surface area contributed by atoms with Crippen molar-refractivity contribution in [3.8, 4) is 0 Å². The molecule has 7 N–H and O–H groups in total. The zero-order valence-corrected chi connectivity index (χ0v) is 37.0. The van der Waals surface area contributed by atoms with Crippen LogP contribution < -0.4 is 4.98 Å². The Bertz CT molecular complexity index is 2410. The fraction of sp³-hybridized carbons (Fsp3) is 0.545. The number of aliphatic imine (C=N–C) groups is 2. The predicted molar refractivity (Wildman–Crippen MR) is 221 cm³/mol. The van der Waals surface area contributed by atoms with Gasteiger partial charge in [0.25, 0.3) is 0 Å². The maximum absolute atomic E-state index is 13.6. The number of carbonyl (C=O) groups excluding carboxylic acids is 1. The summed E-state index contributed by atoms with van der Waals surface area (Å²) in [7, 11) is 0. The quantitative estimate of drug-likeness (QED) is 0.0997. The number of rotatable bonds is 18. The molecule has 8 bridgehead atoms. The van der Waals surface area contributed by atoms with Crippen LogP contribution in [0.25, 0.3) is 11.4 Å². The van der Waals surface area contributed by atoms with Gasteiger partial charge < -0.3 is 50.8 Å². The second kappa shape index (κ2) is 18.4. The van der Waals surface area contributed by atoms with Gasteiger partial charge in [-0.05, 0) is 67.0 Å². The van der Waals surface area contributed by atoms with E-state index in [4.69, 9.17) is 25.0 Å². The summed E-state index contributed by atoms with van der Waals surface area (Å²) < 4.78 is 5.93. The molecule has 2 fully saturated rings. The van der Waals surface area contributed by atoms with Crippen LogP contribution in [0.4, 0.5) is 0 Å². The number of aliphatic carboxylic acids is 7. The Morgan fingerprint density at radius 1 is 0.754 bits per heavy atom. The van der Waals surface area contributed by atoms with Crippen molar-refractivity contribution in [1.82, 2.24) is 4.98 Å². The third-order valence-electron chi connectivity index (χ3n) is 13.9. The number of aromatic nitrogens is 1. The van der Waals surface area contributed by atoms with Crippen molar-refractivity contribution in [2.75, 3.05) is 0 Å². The van der Waals surface area contributed by atoms with Gasteiger partial charge in [-0.25, -0.2) is 0 Å². The van der Waals surface area contributed by atoms with E-state index in [2.05, 4.69) is 0 Å². The number of allylic oxidation sites excluding steroid dienone is 3. The SMILES string of the molecule is CC1OC(=O)C[C@@]2(C)[C@H](CCC(=O)O)/C3=C/C4=NC(=C\c5[n-]c(c(CCC(=O)O)c5CC(=O)O)CC5=NC(=C(CC(=O)O)[C@@]5(C)CCC(=O)O)C12[N-]3)/[C@@H](CCC(=O)O)[C@]4(C)CC(=O)O.[Co+2]. The van der Waals surface area contributed by atoms with Gasteiger partial charge in [0.2, 0.25) is 0 Å². The Hall–Kier alpha value is -6.09. The van der Waals surface area contributed by atoms with Crippen LogP contribution in [0.2, 0.25) is 0 Å². The molecule has 0 aliphatic carbocycles. The van der Waals surface area contributed by atoms with E-state index >= 15 is 0 Å². The summed E-state index contributed by atoms with van der Waals surface area (Å²) in [5, 5.41) is 76.1. The molecular formula is C44H50CoN4O16. The second-order valence-electron chi connectivity index (χ2n) is 17.9. The van der Waals surface area contributed by atoms with Crippen molar-refractivity contribution >= 4 is 65.3 Å². The Balaban J connectivity index is 0.00000793. The first-order chi connectivity index (χ1) is 29.9. The minimum atomic E-state index is -1.79. The smallest absolute Gasteiger partial charge is 0.674 e. The zero-order valence-electron chi connectivity index (χ0n) is 36.0. The van der Waals surface area contributed by atoms with Gasteiger partial charge in [0.05, 0.1) is 31.8 Å². The molecule has 21 heteroatoms. The summed E-state index contributed by atoms with van der Waals surface area (Å²) in [4.78, 5) is 115. The van der Waals surface area contributed by atoms with Crippen molar-refractivity contribution in [3.05, 3.63) is 56.6 Å². The van der Waals surface area contributed by atoms with Crippen LogP contribution in [-0.2, 0) is 79.1 Å². The number of carboxylic acids is 7. The molecule has 20 nitrogen and oxygen atoms in total. The molecule has 0 aromatic carbocycles. The van der Waals surface area contributed by atoms with E-state index in [-0.39, 0.29) is 112 Å². The first-order valence-corrected chi connectivity index (χ1v) is 20.8. The number of carboxylic acid groups (broad SMARTS) is 7. The van der Waals surface area contributed by atoms with Crippen molar-refractivity contribution in [2.24, 2.45) is 38.1 Å². The normalized spacial score (nSPS) is 30.3. The average Bonchev–Trinajstić information content (AvgIpc) is 3.78. The van der Waals surface area contributed by atoms with E-state index in [1.807, 2.05) is 0 Å². The number of carbonyl (C=O) groups is 8. The van der Waals surface area contributed by atoms with Crippen LogP contribution in [0.3, 0.4) is 0 Å². The summed E-state index contributed by atoms with van der Waals surface area (Å²) in [6.07, 6.45) is -3.50. The summed E-state index contributed by atoms with van der Waals surface area (Å²) in [6.45, 7) is 6.42. The third-order valence-corrected chi connectivity index (χ3v) is 13.9. The first kappa shape index (κ1) is 49.9. The molecule has 6 rings (SSSR count). The number of esters is 1. The van der Waals surface area contributed by atoms with E-state index in [1.54, 1.807) is 20.8 Å². The molecule has 0 saturated carbocycles. The van der Waals surface area contributed by atoms with E-state index in [1.165, 1.54) is 19.1 Å². The fourth-order valence-electron chi connectivity index (χ4n) is 10.8. The number of ether oxygens (including phenoxy) is 1. The van der Waals surface area contributed by atoms with E-state index in [9.17, 15) is 74.1 Å². The summed E-state index contributed by atoms with van der Waals surface area (Å²) in [5.74, 6) is -11.3. The Morgan fingerprint density at radius 3 is 1.92 bits per heavy atom. The second-order valence-corrected chi connectivity index (χ2v) is 17.9. The molecule has 6 heterocycles. The van der Waals surface area contributed by atoms with Gasteiger partial charge in [-0.2, -0.15) is 11.4 Å². The molecule has 0 amide bonds. The minimum absolute atomic E-state index is 0. The Kier molecular flexibility index (Phi) is 14.1. The van der Waals surface area contributed by atoms with Gasteiger partial charge >= 0.3 is 64.5 Å². The van der Waals surface area contributed by atoms with Gasteiger partial charge in [-0.3, -0.25) is 48.3 Å². The zero-order chi connectivity index (χ0) is 47.3. The maximum atomic E-state index is 13.6. The molecule has 1 spiro atoms. The van der Waals surface area contributed by atoms with Crippen molar-refractivity contribution in [1.29, 1.82) is 0 Å². The van der Waals surface area contributed by atoms with Crippen LogP contribution >= 0.6 is 0 Å². The van der Waals surface area contributed by atoms with Gasteiger partial charge in [0, 0.05) is 65.2 Å². The largest absolute Gasteiger partial charge is 2.00 e. The Morgan fingerprint density at radius 2 is 1.35 bits per heavy atom. The minimum Gasteiger partial charge on any atom is -0.674 e. The van der Waals surface area contributed by atoms with Gasteiger partial charge in [0.15, 0.2) is 0 Å². The van der Waals surface area contributed by atoms with Crippen LogP contribution in [0.15, 0.2) is 38.7 Å². The van der Waals surface area contributed by atoms with Crippen molar-refractivity contribution < 1.29 is 95.6 Å². The molecule has 2 unspecified atom stereocenters. The van der Waals surface area contributed by atoms with E-state index in [0.717, 1.165) is 0 Å². The predicted octanol–water partition coefficient (Wildman–Crippen LogP) is 4.49. The molecule has 351 valence electrons. The number of hydrogen-bond acceptors (Lipinski definition) is 11. The van der Waals surface area contributed by atoms with Crippen molar-refractivity contribution in [2.45, 2.75) is 123 Å². The fourth-order valence-corrected chi connectivity index (χ4v) is 10.8. The number of fused-ring (bicyclic) bond motifs is 5. The van der Waals surface area contributed by atoms with Crippen molar-refractivity contribution in [3.63, 3.8) is 0 Å². The standard InChI is InChI=1S/C44H51N4O16.Co/c1-20-44-40-25(14-37(59)60)41(2,12-11-35(55)56)30(47-40)16-27-21(5-8-32(49)50)22(13-36(57)58)26(45-27)15-28-23(6-9-33(51)52)42(3,18-38(61)62)31(46-28)17-29(48-44)24(7-10-34(53)54)43(44,4)19-39(63)64-20;/h15,17,20,23-24H,5-14,16,18-19H2,1-4H3,(H8,46,48,49,50,51,52,53,54,55,56,57,58,59,60,61,62);/q-1;+2/p-1/b28-15-;/t20?,23-,24-,41-,42+,43+,44?;/m1./s1.